The minimum Gasteiger partial charge on any atom is -0.383 e. The highest BCUT2D eigenvalue weighted by Gasteiger charge is 2.33. The van der Waals surface area contributed by atoms with E-state index < -0.39 is 17.2 Å². The molecule has 1 aromatic rings. The highest BCUT2D eigenvalue weighted by molar-refractivity contribution is 5.26. The van der Waals surface area contributed by atoms with Gasteiger partial charge in [0.15, 0.2) is 0 Å². The molecule has 0 heterocycles. The van der Waals surface area contributed by atoms with Gasteiger partial charge in [0.1, 0.15) is 17.2 Å². The number of ether oxygens (including phenoxy) is 1. The van der Waals surface area contributed by atoms with Crippen LogP contribution >= 0.6 is 0 Å². The fourth-order valence-electron chi connectivity index (χ4n) is 1.53. The third-order valence-electron chi connectivity index (χ3n) is 2.40. The van der Waals surface area contributed by atoms with E-state index in [1.165, 1.54) is 13.2 Å². The zero-order chi connectivity index (χ0) is 11.5. The monoisotopic (exact) mass is 216 g/mol. The predicted octanol–water partition coefficient (Wildman–Crippen LogP) is 2.21. The Morgan fingerprint density at radius 1 is 1.33 bits per heavy atom. The molecule has 0 spiro atoms. The smallest absolute Gasteiger partial charge is 0.132 e. The van der Waals surface area contributed by atoms with Gasteiger partial charge in [-0.25, -0.2) is 8.78 Å². The highest BCUT2D eigenvalue weighted by atomic mass is 19.1. The summed E-state index contributed by atoms with van der Waals surface area (Å²) in [6.07, 6.45) is 0.179. The molecule has 0 amide bonds. The van der Waals surface area contributed by atoms with Crippen LogP contribution < -0.4 is 0 Å². The molecule has 1 unspecified atom stereocenters. The zero-order valence-corrected chi connectivity index (χ0v) is 8.76. The Bertz CT molecular complexity index is 321. The first kappa shape index (κ1) is 12.1. The first-order valence-electron chi connectivity index (χ1n) is 4.71. The summed E-state index contributed by atoms with van der Waals surface area (Å²) in [5.41, 5.74) is -1.93. The Labute approximate surface area is 87.5 Å². The summed E-state index contributed by atoms with van der Waals surface area (Å²) in [5, 5.41) is 10.0. The Balaban J connectivity index is 3.22. The van der Waals surface area contributed by atoms with Gasteiger partial charge in [-0.15, -0.1) is 0 Å². The lowest BCUT2D eigenvalue weighted by Crippen LogP contribution is -2.32. The van der Waals surface area contributed by atoms with Crippen LogP contribution in [0, 0.1) is 11.6 Å². The van der Waals surface area contributed by atoms with Gasteiger partial charge >= 0.3 is 0 Å². The molecule has 0 aromatic heterocycles. The van der Waals surface area contributed by atoms with Crippen LogP contribution in [0.1, 0.15) is 18.9 Å². The fraction of sp³-hybridized carbons (Fsp3) is 0.455. The third-order valence-corrected chi connectivity index (χ3v) is 2.40. The number of methoxy groups -OCH3 is 1. The summed E-state index contributed by atoms with van der Waals surface area (Å²) in [6.45, 7) is 1.51. The number of hydrogen-bond donors (Lipinski definition) is 1. The van der Waals surface area contributed by atoms with Crippen LogP contribution in [0.4, 0.5) is 8.78 Å². The van der Waals surface area contributed by atoms with E-state index in [-0.39, 0.29) is 18.6 Å². The van der Waals surface area contributed by atoms with E-state index in [4.69, 9.17) is 4.74 Å². The van der Waals surface area contributed by atoms with Crippen molar-refractivity contribution in [2.45, 2.75) is 18.9 Å². The molecule has 1 aromatic carbocycles. The van der Waals surface area contributed by atoms with Gasteiger partial charge < -0.3 is 9.84 Å². The Hall–Kier alpha value is -1.00. The summed E-state index contributed by atoms with van der Waals surface area (Å²) in [5.74, 6) is -1.51. The van der Waals surface area contributed by atoms with Gasteiger partial charge in [0.05, 0.1) is 12.2 Å². The maximum Gasteiger partial charge on any atom is 0.132 e. The van der Waals surface area contributed by atoms with Crippen LogP contribution in [0.2, 0.25) is 0 Å². The van der Waals surface area contributed by atoms with Crippen molar-refractivity contribution in [3.05, 3.63) is 35.4 Å². The van der Waals surface area contributed by atoms with E-state index in [0.717, 1.165) is 12.1 Å². The summed E-state index contributed by atoms with van der Waals surface area (Å²) >= 11 is 0. The largest absolute Gasteiger partial charge is 0.383 e. The second kappa shape index (κ2) is 4.68. The Morgan fingerprint density at radius 2 is 1.87 bits per heavy atom. The van der Waals surface area contributed by atoms with E-state index in [1.807, 2.05) is 0 Å². The molecule has 0 radical (unpaired) electrons. The van der Waals surface area contributed by atoms with E-state index in [9.17, 15) is 13.9 Å². The molecular weight excluding hydrogens is 202 g/mol. The first-order valence-corrected chi connectivity index (χ1v) is 4.71. The van der Waals surface area contributed by atoms with Crippen LogP contribution in [-0.4, -0.2) is 18.8 Å². The van der Waals surface area contributed by atoms with Crippen molar-refractivity contribution in [2.24, 2.45) is 0 Å². The summed E-state index contributed by atoms with van der Waals surface area (Å²) < 4.78 is 31.6. The van der Waals surface area contributed by atoms with Crippen LogP contribution in [0.5, 0.6) is 0 Å². The number of aliphatic hydroxyl groups is 1. The number of benzene rings is 1. The first-order chi connectivity index (χ1) is 7.05. The van der Waals surface area contributed by atoms with Gasteiger partial charge in [0.2, 0.25) is 0 Å². The molecule has 0 bridgehead atoms. The normalized spacial score (nSPS) is 15.0. The molecule has 0 saturated heterocycles. The van der Waals surface area contributed by atoms with Crippen molar-refractivity contribution >= 4 is 0 Å². The van der Waals surface area contributed by atoms with Gasteiger partial charge in [0.25, 0.3) is 0 Å². The lowest BCUT2D eigenvalue weighted by atomic mass is 9.91. The minimum atomic E-state index is -1.61. The molecule has 4 heteroatoms. The van der Waals surface area contributed by atoms with Crippen molar-refractivity contribution in [3.63, 3.8) is 0 Å². The maximum absolute atomic E-state index is 13.4. The SMILES string of the molecule is CCC(O)(COC)c1c(F)cccc1F. The van der Waals surface area contributed by atoms with Gasteiger partial charge in [-0.1, -0.05) is 13.0 Å². The average molecular weight is 216 g/mol. The van der Waals surface area contributed by atoms with Crippen molar-refractivity contribution in [1.29, 1.82) is 0 Å². The molecule has 0 fully saturated rings. The second-order valence-corrected chi connectivity index (χ2v) is 3.41. The van der Waals surface area contributed by atoms with Gasteiger partial charge in [-0.3, -0.25) is 0 Å². The standard InChI is InChI=1S/C11H14F2O2/c1-3-11(14,7-15-2)10-8(12)5-4-6-9(10)13/h4-6,14H,3,7H2,1-2H3. The number of hydrogen-bond acceptors (Lipinski definition) is 2. The number of rotatable bonds is 4. The van der Waals surface area contributed by atoms with Gasteiger partial charge in [-0.05, 0) is 18.6 Å². The molecule has 84 valence electrons. The average Bonchev–Trinajstić information content (AvgIpc) is 2.18. The predicted molar refractivity (Wildman–Crippen MR) is 52.4 cm³/mol. The highest BCUT2D eigenvalue weighted by Crippen LogP contribution is 2.29. The van der Waals surface area contributed by atoms with Crippen LogP contribution in [-0.2, 0) is 10.3 Å². The fourth-order valence-corrected chi connectivity index (χ4v) is 1.53. The van der Waals surface area contributed by atoms with Crippen LogP contribution in [0.25, 0.3) is 0 Å². The van der Waals surface area contributed by atoms with E-state index in [2.05, 4.69) is 0 Å². The van der Waals surface area contributed by atoms with Crippen LogP contribution in [0.15, 0.2) is 18.2 Å². The molecular formula is C11H14F2O2. The third kappa shape index (κ3) is 2.33. The quantitative estimate of drug-likeness (QED) is 0.836. The Morgan fingerprint density at radius 3 is 2.27 bits per heavy atom. The molecule has 0 aliphatic heterocycles. The molecule has 15 heavy (non-hydrogen) atoms. The van der Waals surface area contributed by atoms with Gasteiger partial charge in [-0.2, -0.15) is 0 Å². The maximum atomic E-state index is 13.4. The molecule has 1 N–H and O–H groups in total. The summed E-state index contributed by atoms with van der Waals surface area (Å²) in [7, 11) is 1.37. The molecule has 2 nitrogen and oxygen atoms in total. The second-order valence-electron chi connectivity index (χ2n) is 3.41. The van der Waals surface area contributed by atoms with Crippen molar-refractivity contribution in [1.82, 2.24) is 0 Å². The van der Waals surface area contributed by atoms with Crippen molar-refractivity contribution in [2.75, 3.05) is 13.7 Å². The molecule has 0 saturated carbocycles. The van der Waals surface area contributed by atoms with Crippen molar-refractivity contribution < 1.29 is 18.6 Å². The lowest BCUT2D eigenvalue weighted by Gasteiger charge is -2.27. The molecule has 1 atom stereocenters. The van der Waals surface area contributed by atoms with E-state index in [1.54, 1.807) is 6.92 Å². The zero-order valence-electron chi connectivity index (χ0n) is 8.76. The van der Waals surface area contributed by atoms with E-state index >= 15 is 0 Å². The topological polar surface area (TPSA) is 29.5 Å². The summed E-state index contributed by atoms with van der Waals surface area (Å²) in [4.78, 5) is 0. The van der Waals surface area contributed by atoms with Crippen molar-refractivity contribution in [3.8, 4) is 0 Å². The van der Waals surface area contributed by atoms with Crippen LogP contribution in [0.3, 0.4) is 0 Å². The number of halogens is 2. The minimum absolute atomic E-state index is 0.138. The van der Waals surface area contributed by atoms with E-state index in [0.29, 0.717) is 0 Å². The molecule has 0 aliphatic rings. The van der Waals surface area contributed by atoms with Gasteiger partial charge in [0, 0.05) is 7.11 Å². The Kier molecular flexibility index (Phi) is 3.77. The lowest BCUT2D eigenvalue weighted by molar-refractivity contribution is -0.0434. The molecule has 0 aliphatic carbocycles. The summed E-state index contributed by atoms with van der Waals surface area (Å²) in [6, 6.07) is 3.50. The molecule has 1 rings (SSSR count).